The summed E-state index contributed by atoms with van der Waals surface area (Å²) in [5.41, 5.74) is 8.70. The maximum absolute atomic E-state index is 10.3. The number of benzene rings is 1. The van der Waals surface area contributed by atoms with Gasteiger partial charge in [-0.3, -0.25) is 4.57 Å². The summed E-state index contributed by atoms with van der Waals surface area (Å²) in [6.07, 6.45) is 7.93. The number of nitrogens with zero attached hydrogens (tertiary/aromatic N) is 2. The first kappa shape index (κ1) is 14.9. The SMILES string of the molecule is N#Cc1cccc(C=CCn2c(O)c3c(c2O)C(N)C=CC3)c1. The molecule has 1 aliphatic carbocycles. The average molecular weight is 307 g/mol. The molecule has 0 bridgehead atoms. The molecule has 0 saturated carbocycles. The number of nitrogens with two attached hydrogens (primary N) is 1. The van der Waals surface area contributed by atoms with Gasteiger partial charge in [-0.2, -0.15) is 5.26 Å². The van der Waals surface area contributed by atoms with Crippen LogP contribution in [0.2, 0.25) is 0 Å². The van der Waals surface area contributed by atoms with E-state index in [0.29, 0.717) is 29.7 Å². The van der Waals surface area contributed by atoms with Crippen molar-refractivity contribution >= 4 is 6.08 Å². The van der Waals surface area contributed by atoms with Gasteiger partial charge in [-0.1, -0.05) is 36.4 Å². The summed E-state index contributed by atoms with van der Waals surface area (Å²) in [7, 11) is 0. The fourth-order valence-electron chi connectivity index (χ4n) is 2.82. The third-order valence-electron chi connectivity index (χ3n) is 3.96. The molecule has 0 fully saturated rings. The van der Waals surface area contributed by atoms with Gasteiger partial charge in [-0.25, -0.2) is 0 Å². The van der Waals surface area contributed by atoms with E-state index in [1.807, 2.05) is 36.4 Å². The molecule has 116 valence electrons. The molecule has 1 unspecified atom stereocenters. The van der Waals surface area contributed by atoms with E-state index in [4.69, 9.17) is 11.0 Å². The van der Waals surface area contributed by atoms with E-state index in [1.165, 1.54) is 4.57 Å². The Kier molecular flexibility index (Phi) is 3.92. The quantitative estimate of drug-likeness (QED) is 0.759. The third kappa shape index (κ3) is 2.72. The second kappa shape index (κ2) is 6.03. The van der Waals surface area contributed by atoms with Gasteiger partial charge in [0, 0.05) is 17.7 Å². The monoisotopic (exact) mass is 307 g/mol. The minimum Gasteiger partial charge on any atom is -0.494 e. The Labute approximate surface area is 134 Å². The standard InChI is InChI=1S/C18H17N3O2/c19-11-13-5-1-4-12(10-13)6-3-9-21-17(22)14-7-2-8-15(20)16(14)18(21)23/h1-6,8,10,15,22-23H,7,9,20H2. The van der Waals surface area contributed by atoms with Crippen LogP contribution in [-0.4, -0.2) is 14.8 Å². The normalized spacial score (nSPS) is 16.4. The van der Waals surface area contributed by atoms with Gasteiger partial charge in [0.2, 0.25) is 0 Å². The van der Waals surface area contributed by atoms with Crippen LogP contribution < -0.4 is 5.73 Å². The Morgan fingerprint density at radius 2 is 2.17 bits per heavy atom. The molecule has 23 heavy (non-hydrogen) atoms. The summed E-state index contributed by atoms with van der Waals surface area (Å²) in [6.45, 7) is 0.314. The molecule has 5 heteroatoms. The molecule has 1 aromatic heterocycles. The van der Waals surface area contributed by atoms with Gasteiger partial charge < -0.3 is 15.9 Å². The first-order valence-corrected chi connectivity index (χ1v) is 7.34. The zero-order valence-corrected chi connectivity index (χ0v) is 12.5. The second-order valence-electron chi connectivity index (χ2n) is 5.45. The van der Waals surface area contributed by atoms with E-state index in [1.54, 1.807) is 12.1 Å². The lowest BCUT2D eigenvalue weighted by Gasteiger charge is -2.12. The van der Waals surface area contributed by atoms with Crippen LogP contribution in [0.15, 0.2) is 42.5 Å². The predicted octanol–water partition coefficient (Wildman–Crippen LogP) is 2.60. The first-order chi connectivity index (χ1) is 11.1. The molecule has 0 aliphatic heterocycles. The highest BCUT2D eigenvalue weighted by molar-refractivity contribution is 5.54. The van der Waals surface area contributed by atoms with Crippen molar-refractivity contribution in [1.82, 2.24) is 4.57 Å². The van der Waals surface area contributed by atoms with E-state index in [0.717, 1.165) is 5.56 Å². The van der Waals surface area contributed by atoms with Crippen molar-refractivity contribution in [2.45, 2.75) is 19.0 Å². The predicted molar refractivity (Wildman–Crippen MR) is 87.7 cm³/mol. The number of hydrogen-bond donors (Lipinski definition) is 3. The zero-order valence-electron chi connectivity index (χ0n) is 12.5. The van der Waals surface area contributed by atoms with E-state index in [2.05, 4.69) is 6.07 Å². The van der Waals surface area contributed by atoms with Crippen LogP contribution in [0.3, 0.4) is 0 Å². The van der Waals surface area contributed by atoms with Crippen LogP contribution in [0.4, 0.5) is 0 Å². The number of rotatable bonds is 3. The van der Waals surface area contributed by atoms with Gasteiger partial charge in [0.1, 0.15) is 0 Å². The van der Waals surface area contributed by atoms with Gasteiger partial charge in [0.15, 0.2) is 11.8 Å². The fraction of sp³-hybridized carbons (Fsp3) is 0.167. The van der Waals surface area contributed by atoms with Crippen molar-refractivity contribution in [2.75, 3.05) is 0 Å². The van der Waals surface area contributed by atoms with Gasteiger partial charge in [0.25, 0.3) is 0 Å². The Hall–Kier alpha value is -2.97. The number of allylic oxidation sites excluding steroid dienone is 2. The smallest absolute Gasteiger partial charge is 0.199 e. The maximum atomic E-state index is 10.3. The zero-order chi connectivity index (χ0) is 16.4. The third-order valence-corrected chi connectivity index (χ3v) is 3.96. The minimum absolute atomic E-state index is 0.00442. The topological polar surface area (TPSA) is 95.2 Å². The Bertz CT molecular complexity index is 841. The van der Waals surface area contributed by atoms with Crippen molar-refractivity contribution in [3.8, 4) is 17.8 Å². The summed E-state index contributed by atoms with van der Waals surface area (Å²) >= 11 is 0. The van der Waals surface area contributed by atoms with Crippen molar-refractivity contribution in [3.63, 3.8) is 0 Å². The molecule has 3 rings (SSSR count). The van der Waals surface area contributed by atoms with Gasteiger partial charge >= 0.3 is 0 Å². The highest BCUT2D eigenvalue weighted by atomic mass is 16.3. The number of aromatic nitrogens is 1. The van der Waals surface area contributed by atoms with E-state index in [-0.39, 0.29) is 11.8 Å². The molecule has 1 atom stereocenters. The van der Waals surface area contributed by atoms with Crippen LogP contribution in [0.5, 0.6) is 11.8 Å². The Morgan fingerprint density at radius 1 is 1.35 bits per heavy atom. The molecule has 1 aliphatic rings. The molecule has 1 heterocycles. The molecule has 0 spiro atoms. The summed E-state index contributed by atoms with van der Waals surface area (Å²) in [5.74, 6) is 0.0532. The van der Waals surface area contributed by atoms with E-state index in [9.17, 15) is 10.2 Å². The Balaban J connectivity index is 1.84. The largest absolute Gasteiger partial charge is 0.494 e. The van der Waals surface area contributed by atoms with Crippen molar-refractivity contribution < 1.29 is 10.2 Å². The number of hydrogen-bond acceptors (Lipinski definition) is 4. The summed E-state index contributed by atoms with van der Waals surface area (Å²) in [4.78, 5) is 0. The molecule has 0 saturated heterocycles. The molecule has 4 N–H and O–H groups in total. The Morgan fingerprint density at radius 3 is 2.91 bits per heavy atom. The van der Waals surface area contributed by atoms with E-state index >= 15 is 0 Å². The summed E-state index contributed by atoms with van der Waals surface area (Å²) in [5, 5.41) is 29.5. The first-order valence-electron chi connectivity index (χ1n) is 7.34. The molecule has 2 aromatic rings. The summed E-state index contributed by atoms with van der Waals surface area (Å²) < 4.78 is 1.43. The number of nitriles is 1. The van der Waals surface area contributed by atoms with Crippen molar-refractivity contribution in [2.24, 2.45) is 5.73 Å². The van der Waals surface area contributed by atoms with Crippen molar-refractivity contribution in [3.05, 3.63) is 64.7 Å². The molecular formula is C18H17N3O2. The van der Waals surface area contributed by atoms with Crippen LogP contribution in [-0.2, 0) is 13.0 Å². The average Bonchev–Trinajstić information content (AvgIpc) is 2.81. The lowest BCUT2D eigenvalue weighted by Crippen LogP contribution is -2.11. The molecule has 5 nitrogen and oxygen atoms in total. The summed E-state index contributed by atoms with van der Waals surface area (Å²) in [6, 6.07) is 8.90. The van der Waals surface area contributed by atoms with Crippen LogP contribution in [0, 0.1) is 11.3 Å². The van der Waals surface area contributed by atoms with Crippen molar-refractivity contribution in [1.29, 1.82) is 5.26 Å². The van der Waals surface area contributed by atoms with E-state index < -0.39 is 6.04 Å². The van der Waals surface area contributed by atoms with Crippen LogP contribution >= 0.6 is 0 Å². The lowest BCUT2D eigenvalue weighted by molar-refractivity contribution is 0.375. The second-order valence-corrected chi connectivity index (χ2v) is 5.45. The van der Waals surface area contributed by atoms with Gasteiger partial charge in [-0.05, 0) is 24.1 Å². The molecule has 0 amide bonds. The van der Waals surface area contributed by atoms with Crippen LogP contribution in [0.1, 0.15) is 28.3 Å². The van der Waals surface area contributed by atoms with Gasteiger partial charge in [-0.15, -0.1) is 0 Å². The molecule has 1 aromatic carbocycles. The highest BCUT2D eigenvalue weighted by Crippen LogP contribution is 2.40. The lowest BCUT2D eigenvalue weighted by atomic mass is 9.97. The maximum Gasteiger partial charge on any atom is 0.199 e. The molecular weight excluding hydrogens is 290 g/mol. The van der Waals surface area contributed by atoms with Crippen LogP contribution in [0.25, 0.3) is 6.08 Å². The van der Waals surface area contributed by atoms with Gasteiger partial charge in [0.05, 0.1) is 17.7 Å². The number of aromatic hydroxyl groups is 2. The highest BCUT2D eigenvalue weighted by Gasteiger charge is 2.26. The molecule has 0 radical (unpaired) electrons. The fourth-order valence-corrected chi connectivity index (χ4v) is 2.82. The number of fused-ring (bicyclic) bond motifs is 1. The minimum atomic E-state index is -0.401.